The lowest BCUT2D eigenvalue weighted by Crippen LogP contribution is -2.35. The fraction of sp³-hybridized carbons (Fsp3) is 0.259. The molecule has 0 bridgehead atoms. The average Bonchev–Trinajstić information content (AvgIpc) is 3.24. The van der Waals surface area contributed by atoms with Crippen LogP contribution in [0, 0.1) is 0 Å². The standard InChI is InChI=1S/C27H26ClN3O4S2/c1-2-35-17-16-30-24-14-11-21(28)18-25(24)36-27(30)29-26(32)20-9-12-22(13-10-20)37(33,34)31-15-5-7-19-6-3-4-8-23(19)31/h3-4,6,8-14,18H,2,5,7,15-17H2,1H3. The van der Waals surface area contributed by atoms with E-state index >= 15 is 0 Å². The number of aryl methyl sites for hydroxylation is 1. The van der Waals surface area contributed by atoms with E-state index in [1.54, 1.807) is 6.07 Å². The Morgan fingerprint density at radius 1 is 1.11 bits per heavy atom. The minimum absolute atomic E-state index is 0.143. The van der Waals surface area contributed by atoms with Gasteiger partial charge in [-0.05, 0) is 73.9 Å². The van der Waals surface area contributed by atoms with E-state index in [0.717, 1.165) is 28.6 Å². The zero-order valence-corrected chi connectivity index (χ0v) is 22.7. The van der Waals surface area contributed by atoms with Gasteiger partial charge >= 0.3 is 0 Å². The first-order chi connectivity index (χ1) is 17.9. The van der Waals surface area contributed by atoms with Crippen LogP contribution in [0.15, 0.2) is 76.6 Å². The summed E-state index contributed by atoms with van der Waals surface area (Å²) in [5.41, 5.74) is 2.96. The molecule has 10 heteroatoms. The third-order valence-electron chi connectivity index (χ3n) is 6.26. The number of para-hydroxylation sites is 1. The van der Waals surface area contributed by atoms with Gasteiger partial charge < -0.3 is 9.30 Å². The van der Waals surface area contributed by atoms with Gasteiger partial charge in [0.2, 0.25) is 0 Å². The highest BCUT2D eigenvalue weighted by atomic mass is 35.5. The number of aromatic nitrogens is 1. The van der Waals surface area contributed by atoms with Crippen molar-refractivity contribution in [3.8, 4) is 0 Å². The lowest BCUT2D eigenvalue weighted by Gasteiger charge is -2.30. The number of carbonyl (C=O) groups is 1. The molecule has 4 aromatic rings. The van der Waals surface area contributed by atoms with Gasteiger partial charge in [-0.25, -0.2) is 8.42 Å². The lowest BCUT2D eigenvalue weighted by atomic mass is 10.0. The minimum Gasteiger partial charge on any atom is -0.380 e. The molecule has 0 N–H and O–H groups in total. The molecule has 0 atom stereocenters. The molecule has 0 radical (unpaired) electrons. The smallest absolute Gasteiger partial charge is 0.279 e. The number of hydrogen-bond acceptors (Lipinski definition) is 5. The molecule has 1 aliphatic rings. The van der Waals surface area contributed by atoms with Crippen LogP contribution in [0.4, 0.5) is 5.69 Å². The van der Waals surface area contributed by atoms with E-state index in [1.807, 2.05) is 47.9 Å². The summed E-state index contributed by atoms with van der Waals surface area (Å²) in [5.74, 6) is -0.449. The fourth-order valence-corrected chi connectivity index (χ4v) is 7.32. The lowest BCUT2D eigenvalue weighted by molar-refractivity contribution is 0.0996. The number of amides is 1. The molecule has 1 aliphatic heterocycles. The molecule has 3 aromatic carbocycles. The summed E-state index contributed by atoms with van der Waals surface area (Å²) in [6, 6.07) is 19.1. The van der Waals surface area contributed by atoms with E-state index in [2.05, 4.69) is 4.99 Å². The van der Waals surface area contributed by atoms with Crippen molar-refractivity contribution in [3.63, 3.8) is 0 Å². The maximum Gasteiger partial charge on any atom is 0.279 e. The number of benzene rings is 3. The molecule has 5 rings (SSSR count). The highest BCUT2D eigenvalue weighted by Gasteiger charge is 2.29. The number of anilines is 1. The van der Waals surface area contributed by atoms with Crippen molar-refractivity contribution < 1.29 is 17.9 Å². The van der Waals surface area contributed by atoms with Crippen molar-refractivity contribution >= 4 is 54.8 Å². The topological polar surface area (TPSA) is 81.0 Å². The zero-order chi connectivity index (χ0) is 26.0. The predicted molar refractivity (Wildman–Crippen MR) is 147 cm³/mol. The van der Waals surface area contributed by atoms with Crippen LogP contribution in [0.3, 0.4) is 0 Å². The molecular weight excluding hydrogens is 530 g/mol. The number of nitrogens with zero attached hydrogens (tertiary/aromatic N) is 3. The fourth-order valence-electron chi connectivity index (χ4n) is 4.45. The van der Waals surface area contributed by atoms with Crippen molar-refractivity contribution in [2.45, 2.75) is 31.2 Å². The third kappa shape index (κ3) is 5.22. The number of fused-ring (bicyclic) bond motifs is 2. The van der Waals surface area contributed by atoms with E-state index in [0.29, 0.717) is 47.4 Å². The second-order valence-corrected chi connectivity index (χ2v) is 11.9. The van der Waals surface area contributed by atoms with Crippen LogP contribution in [-0.2, 0) is 27.7 Å². The molecule has 2 heterocycles. The number of sulfonamides is 1. The second-order valence-electron chi connectivity index (χ2n) is 8.60. The SMILES string of the molecule is CCOCCn1c(=NC(=O)c2ccc(S(=O)(=O)N3CCCc4ccccc43)cc2)sc2cc(Cl)ccc21. The monoisotopic (exact) mass is 555 g/mol. The van der Waals surface area contributed by atoms with Gasteiger partial charge in [0.1, 0.15) is 0 Å². The summed E-state index contributed by atoms with van der Waals surface area (Å²) in [4.78, 5) is 18.1. The first kappa shape index (κ1) is 25.7. The van der Waals surface area contributed by atoms with Gasteiger partial charge in [-0.1, -0.05) is 41.1 Å². The number of ether oxygens (including phenoxy) is 1. The first-order valence-corrected chi connectivity index (χ1v) is 14.7. The molecule has 0 fully saturated rings. The van der Waals surface area contributed by atoms with Crippen molar-refractivity contribution in [2.75, 3.05) is 24.1 Å². The van der Waals surface area contributed by atoms with Crippen LogP contribution in [0.1, 0.15) is 29.3 Å². The quantitative estimate of drug-likeness (QED) is 0.291. The van der Waals surface area contributed by atoms with E-state index < -0.39 is 15.9 Å². The van der Waals surface area contributed by atoms with Crippen LogP contribution in [0.25, 0.3) is 10.2 Å². The maximum absolute atomic E-state index is 13.4. The third-order valence-corrected chi connectivity index (χ3v) is 9.37. The van der Waals surface area contributed by atoms with Gasteiger partial charge in [0.15, 0.2) is 4.80 Å². The largest absolute Gasteiger partial charge is 0.380 e. The van der Waals surface area contributed by atoms with Crippen molar-refractivity contribution in [2.24, 2.45) is 4.99 Å². The summed E-state index contributed by atoms with van der Waals surface area (Å²) >= 11 is 7.54. The number of rotatable bonds is 7. The average molecular weight is 556 g/mol. The first-order valence-electron chi connectivity index (χ1n) is 12.0. The molecule has 192 valence electrons. The van der Waals surface area contributed by atoms with E-state index in [4.69, 9.17) is 16.3 Å². The van der Waals surface area contributed by atoms with E-state index in [1.165, 1.54) is 39.9 Å². The molecule has 0 saturated carbocycles. The van der Waals surface area contributed by atoms with Crippen molar-refractivity contribution in [1.82, 2.24) is 4.57 Å². The summed E-state index contributed by atoms with van der Waals surface area (Å²) in [6.07, 6.45) is 1.61. The normalized spacial score (nSPS) is 14.2. The van der Waals surface area contributed by atoms with Gasteiger partial charge in [-0.2, -0.15) is 4.99 Å². The Morgan fingerprint density at radius 3 is 2.68 bits per heavy atom. The highest BCUT2D eigenvalue weighted by molar-refractivity contribution is 7.92. The van der Waals surface area contributed by atoms with Crippen LogP contribution in [0.2, 0.25) is 5.02 Å². The van der Waals surface area contributed by atoms with E-state index in [9.17, 15) is 13.2 Å². The van der Waals surface area contributed by atoms with Crippen LogP contribution in [0.5, 0.6) is 0 Å². The highest BCUT2D eigenvalue weighted by Crippen LogP contribution is 2.32. The van der Waals surface area contributed by atoms with Gasteiger partial charge in [-0.3, -0.25) is 9.10 Å². The Labute approximate surface area is 224 Å². The molecule has 1 aromatic heterocycles. The van der Waals surface area contributed by atoms with E-state index in [-0.39, 0.29) is 4.90 Å². The van der Waals surface area contributed by atoms with Crippen LogP contribution >= 0.6 is 22.9 Å². The van der Waals surface area contributed by atoms with Gasteiger partial charge in [0, 0.05) is 30.3 Å². The Balaban J connectivity index is 1.45. The molecule has 0 saturated heterocycles. The predicted octanol–water partition coefficient (Wildman–Crippen LogP) is 5.28. The molecule has 7 nitrogen and oxygen atoms in total. The molecular formula is C27H26ClN3O4S2. The van der Waals surface area contributed by atoms with Gasteiger partial charge in [0.25, 0.3) is 15.9 Å². The summed E-state index contributed by atoms with van der Waals surface area (Å²) in [7, 11) is -3.75. The Bertz CT molecular complexity index is 1630. The van der Waals surface area contributed by atoms with Crippen molar-refractivity contribution in [3.05, 3.63) is 87.7 Å². The number of thiazole rings is 1. The number of carbonyl (C=O) groups excluding carboxylic acids is 1. The van der Waals surface area contributed by atoms with Gasteiger partial charge in [0.05, 0.1) is 27.4 Å². The summed E-state index contributed by atoms with van der Waals surface area (Å²) in [6.45, 7) is 3.97. The summed E-state index contributed by atoms with van der Waals surface area (Å²) < 4.78 is 36.6. The second kappa shape index (κ2) is 10.8. The van der Waals surface area contributed by atoms with Crippen molar-refractivity contribution in [1.29, 1.82) is 0 Å². The Hall–Kier alpha value is -2.98. The Morgan fingerprint density at radius 2 is 1.89 bits per heavy atom. The molecule has 0 aliphatic carbocycles. The number of halogens is 1. The summed E-state index contributed by atoms with van der Waals surface area (Å²) in [5, 5.41) is 0.608. The molecule has 37 heavy (non-hydrogen) atoms. The zero-order valence-electron chi connectivity index (χ0n) is 20.3. The molecule has 1 amide bonds. The molecule has 0 spiro atoms. The maximum atomic E-state index is 13.4. The van der Waals surface area contributed by atoms with Crippen LogP contribution in [-0.4, -0.2) is 38.7 Å². The Kier molecular flexibility index (Phi) is 7.48. The number of hydrogen-bond donors (Lipinski definition) is 0. The van der Waals surface area contributed by atoms with Gasteiger partial charge in [-0.15, -0.1) is 0 Å². The minimum atomic E-state index is -3.75. The van der Waals surface area contributed by atoms with Crippen LogP contribution < -0.4 is 9.11 Å². The molecule has 0 unspecified atom stereocenters.